The van der Waals surface area contributed by atoms with Crippen molar-refractivity contribution < 1.29 is 0 Å². The molecule has 2 heteroatoms. The maximum absolute atomic E-state index is 2.45. The second-order valence-electron chi connectivity index (χ2n) is 12.6. The van der Waals surface area contributed by atoms with Gasteiger partial charge < -0.3 is 9.80 Å². The van der Waals surface area contributed by atoms with Crippen molar-refractivity contribution in [3.8, 4) is 11.1 Å². The van der Waals surface area contributed by atoms with Crippen molar-refractivity contribution in [1.29, 1.82) is 0 Å². The van der Waals surface area contributed by atoms with Crippen LogP contribution < -0.4 is 9.80 Å². The molecule has 7 aromatic carbocycles. The molecule has 2 bridgehead atoms. The molecule has 7 aromatic rings. The molecule has 3 aliphatic carbocycles. The lowest BCUT2D eigenvalue weighted by Crippen LogP contribution is -2.27. The van der Waals surface area contributed by atoms with Crippen LogP contribution in [0.5, 0.6) is 0 Å². The number of anilines is 5. The lowest BCUT2D eigenvalue weighted by atomic mass is 9.61. The highest BCUT2D eigenvalue weighted by molar-refractivity contribution is 5.81. The first-order valence-corrected chi connectivity index (χ1v) is 16.4. The Balaban J connectivity index is 1.08. The molecule has 47 heavy (non-hydrogen) atoms. The Morgan fingerprint density at radius 1 is 0.319 bits per heavy atom. The highest BCUT2D eigenvalue weighted by Gasteiger charge is 2.41. The Bertz CT molecular complexity index is 2160. The van der Waals surface area contributed by atoms with E-state index in [9.17, 15) is 0 Å². The summed E-state index contributed by atoms with van der Waals surface area (Å²) in [6.45, 7) is 0. The first-order chi connectivity index (χ1) is 23.2. The van der Waals surface area contributed by atoms with Crippen molar-refractivity contribution in [2.24, 2.45) is 0 Å². The fraction of sp³-hybridized carbons (Fsp3) is 0.0667. The summed E-state index contributed by atoms with van der Waals surface area (Å²) in [6, 6.07) is 64.2. The molecule has 3 aliphatic rings. The number of benzene rings is 7. The molecule has 0 saturated carbocycles. The van der Waals surface area contributed by atoms with Crippen LogP contribution in [0.2, 0.25) is 0 Å². The van der Waals surface area contributed by atoms with E-state index in [1.807, 2.05) is 0 Å². The third-order valence-electron chi connectivity index (χ3n) is 10.1. The molecule has 2 nitrogen and oxygen atoms in total. The van der Waals surface area contributed by atoms with Crippen LogP contribution in [-0.2, 0) is 0 Å². The van der Waals surface area contributed by atoms with Gasteiger partial charge in [0.2, 0.25) is 0 Å². The SMILES string of the molecule is CN(c1ccccc1)c1ccc(-c2ccc(N(c3ccccc3)c3ccc4c(c3)C3c5ccccc5C4c4ccccc43)cc2)cc1. The molecule has 0 fully saturated rings. The summed E-state index contributed by atoms with van der Waals surface area (Å²) >= 11 is 0. The molecule has 0 saturated heterocycles. The fourth-order valence-corrected chi connectivity index (χ4v) is 7.80. The summed E-state index contributed by atoms with van der Waals surface area (Å²) < 4.78 is 0. The Morgan fingerprint density at radius 2 is 0.681 bits per heavy atom. The van der Waals surface area contributed by atoms with Crippen molar-refractivity contribution in [2.45, 2.75) is 11.8 Å². The summed E-state index contributed by atoms with van der Waals surface area (Å²) in [6.07, 6.45) is 0. The van der Waals surface area contributed by atoms with Gasteiger partial charge in [0.05, 0.1) is 0 Å². The molecule has 0 amide bonds. The minimum Gasteiger partial charge on any atom is -0.345 e. The Morgan fingerprint density at radius 3 is 1.21 bits per heavy atom. The molecular formula is C45H34N2. The molecular weight excluding hydrogens is 569 g/mol. The largest absolute Gasteiger partial charge is 0.345 e. The number of nitrogens with zero attached hydrogens (tertiary/aromatic N) is 2. The summed E-state index contributed by atoms with van der Waals surface area (Å²) in [7, 11) is 2.11. The zero-order valence-corrected chi connectivity index (χ0v) is 26.3. The van der Waals surface area contributed by atoms with Gasteiger partial charge in [-0.3, -0.25) is 0 Å². The highest BCUT2D eigenvalue weighted by Crippen LogP contribution is 2.56. The summed E-state index contributed by atoms with van der Waals surface area (Å²) in [5, 5.41) is 0. The molecule has 0 aromatic heterocycles. The third-order valence-corrected chi connectivity index (χ3v) is 10.1. The van der Waals surface area contributed by atoms with Crippen LogP contribution in [0.15, 0.2) is 176 Å². The van der Waals surface area contributed by atoms with E-state index < -0.39 is 0 Å². The van der Waals surface area contributed by atoms with E-state index in [2.05, 4.69) is 193 Å². The van der Waals surface area contributed by atoms with Gasteiger partial charge in [-0.25, -0.2) is 0 Å². The molecule has 0 radical (unpaired) electrons. The zero-order chi connectivity index (χ0) is 31.3. The van der Waals surface area contributed by atoms with Crippen LogP contribution in [0.3, 0.4) is 0 Å². The van der Waals surface area contributed by atoms with Crippen molar-refractivity contribution in [3.05, 3.63) is 209 Å². The van der Waals surface area contributed by atoms with Crippen LogP contribution in [0.4, 0.5) is 28.4 Å². The normalized spacial score (nSPS) is 15.3. The standard InChI is InChI=1S/C45H34N2/c1-46(33-12-4-2-5-13-33)34-24-20-31(21-25-34)32-22-26-36(27-23-32)47(35-14-6-3-7-15-35)37-28-29-42-43(30-37)45-40-18-10-8-16-38(40)44(42)39-17-9-11-19-41(39)45/h2-30,44-45H,1H3. The van der Waals surface area contributed by atoms with Crippen molar-refractivity contribution >= 4 is 28.4 Å². The van der Waals surface area contributed by atoms with E-state index in [4.69, 9.17) is 0 Å². The highest BCUT2D eigenvalue weighted by atomic mass is 15.1. The van der Waals surface area contributed by atoms with Gasteiger partial charge in [-0.1, -0.05) is 115 Å². The van der Waals surface area contributed by atoms with Crippen LogP contribution in [0.1, 0.15) is 45.2 Å². The number of hydrogen-bond acceptors (Lipinski definition) is 2. The van der Waals surface area contributed by atoms with Crippen LogP contribution in [0.25, 0.3) is 11.1 Å². The van der Waals surface area contributed by atoms with Crippen LogP contribution >= 0.6 is 0 Å². The Kier molecular flexibility index (Phi) is 6.53. The zero-order valence-electron chi connectivity index (χ0n) is 26.3. The summed E-state index contributed by atoms with van der Waals surface area (Å²) in [4.78, 5) is 4.61. The molecule has 10 rings (SSSR count). The molecule has 0 aliphatic heterocycles. The van der Waals surface area contributed by atoms with Gasteiger partial charge in [-0.2, -0.15) is 0 Å². The smallest absolute Gasteiger partial charge is 0.0464 e. The van der Waals surface area contributed by atoms with E-state index in [1.54, 1.807) is 0 Å². The maximum atomic E-state index is 2.45. The number of para-hydroxylation sites is 2. The first-order valence-electron chi connectivity index (χ1n) is 16.4. The Labute approximate surface area is 276 Å². The minimum atomic E-state index is 0.242. The minimum absolute atomic E-state index is 0.242. The average molecular weight is 603 g/mol. The van der Waals surface area contributed by atoms with Gasteiger partial charge >= 0.3 is 0 Å². The first kappa shape index (κ1) is 27.5. The van der Waals surface area contributed by atoms with E-state index in [0.717, 1.165) is 17.1 Å². The predicted molar refractivity (Wildman–Crippen MR) is 196 cm³/mol. The molecule has 0 heterocycles. The molecule has 0 spiro atoms. The topological polar surface area (TPSA) is 6.48 Å². The summed E-state index contributed by atoms with van der Waals surface area (Å²) in [5.41, 5.74) is 16.8. The van der Waals surface area contributed by atoms with Crippen molar-refractivity contribution in [3.63, 3.8) is 0 Å². The second kappa shape index (κ2) is 11.2. The molecule has 224 valence electrons. The summed E-state index contributed by atoms with van der Waals surface area (Å²) in [5.74, 6) is 0.519. The number of hydrogen-bond donors (Lipinski definition) is 0. The van der Waals surface area contributed by atoms with Crippen molar-refractivity contribution in [2.75, 3.05) is 16.8 Å². The van der Waals surface area contributed by atoms with Gasteiger partial charge in [-0.05, 0) is 105 Å². The fourth-order valence-electron chi connectivity index (χ4n) is 7.80. The van der Waals surface area contributed by atoms with E-state index in [0.29, 0.717) is 0 Å². The number of rotatable bonds is 6. The second-order valence-corrected chi connectivity index (χ2v) is 12.6. The van der Waals surface area contributed by atoms with E-state index in [-0.39, 0.29) is 11.8 Å². The van der Waals surface area contributed by atoms with Crippen LogP contribution in [0, 0.1) is 0 Å². The average Bonchev–Trinajstić information content (AvgIpc) is 3.15. The predicted octanol–water partition coefficient (Wildman–Crippen LogP) is 11.6. The van der Waals surface area contributed by atoms with E-state index in [1.165, 1.54) is 55.9 Å². The quantitative estimate of drug-likeness (QED) is 0.187. The molecule has 0 N–H and O–H groups in total. The van der Waals surface area contributed by atoms with Crippen molar-refractivity contribution in [1.82, 2.24) is 0 Å². The van der Waals surface area contributed by atoms with Gasteiger partial charge in [0, 0.05) is 47.3 Å². The van der Waals surface area contributed by atoms with Gasteiger partial charge in [0.25, 0.3) is 0 Å². The van der Waals surface area contributed by atoms with Gasteiger partial charge in [0.15, 0.2) is 0 Å². The third kappa shape index (κ3) is 4.56. The Hall–Kier alpha value is -5.86. The lowest BCUT2D eigenvalue weighted by Gasteiger charge is -2.42. The van der Waals surface area contributed by atoms with Crippen LogP contribution in [-0.4, -0.2) is 7.05 Å². The maximum Gasteiger partial charge on any atom is 0.0464 e. The molecule has 0 atom stereocenters. The van der Waals surface area contributed by atoms with Gasteiger partial charge in [-0.15, -0.1) is 0 Å². The van der Waals surface area contributed by atoms with Gasteiger partial charge in [0.1, 0.15) is 0 Å². The molecule has 0 unspecified atom stereocenters. The monoisotopic (exact) mass is 602 g/mol. The van der Waals surface area contributed by atoms with E-state index >= 15 is 0 Å². The lowest BCUT2D eigenvalue weighted by molar-refractivity contribution is 0.754.